The number of methoxy groups -OCH3 is 1. The smallest absolute Gasteiger partial charge is 0.0713 e. The number of benzene rings is 1. The molecule has 1 aromatic carbocycles. The summed E-state index contributed by atoms with van der Waals surface area (Å²) < 4.78 is 5.16. The number of nitrogens with zero attached hydrogens (tertiary/aromatic N) is 2. The third-order valence-electron chi connectivity index (χ3n) is 4.47. The van der Waals surface area contributed by atoms with E-state index >= 15 is 0 Å². The SMILES string of the molecule is COCc1ccc(C(CN)N(C)CC2CCN(C)C2)cc1. The van der Waals surface area contributed by atoms with Gasteiger partial charge in [0, 0.05) is 32.8 Å². The number of rotatable bonds is 7. The minimum atomic E-state index is 0.299. The first-order valence-corrected chi connectivity index (χ1v) is 7.80. The van der Waals surface area contributed by atoms with Crippen molar-refractivity contribution in [3.05, 3.63) is 35.4 Å². The second-order valence-corrected chi connectivity index (χ2v) is 6.28. The molecule has 0 radical (unpaired) electrons. The molecule has 2 N–H and O–H groups in total. The molecule has 2 rings (SSSR count). The first kappa shape index (κ1) is 16.4. The predicted octanol–water partition coefficient (Wildman–Crippen LogP) is 1.72. The molecule has 2 atom stereocenters. The van der Waals surface area contributed by atoms with Crippen LogP contribution in [-0.2, 0) is 11.3 Å². The van der Waals surface area contributed by atoms with Crippen molar-refractivity contribution in [3.8, 4) is 0 Å². The third kappa shape index (κ3) is 4.51. The maximum atomic E-state index is 6.03. The van der Waals surface area contributed by atoms with Crippen LogP contribution >= 0.6 is 0 Å². The molecule has 0 spiro atoms. The van der Waals surface area contributed by atoms with Gasteiger partial charge in [0.05, 0.1) is 6.61 Å². The summed E-state index contributed by atoms with van der Waals surface area (Å²) in [6.07, 6.45) is 1.30. The summed E-state index contributed by atoms with van der Waals surface area (Å²) in [4.78, 5) is 4.82. The highest BCUT2D eigenvalue weighted by molar-refractivity contribution is 5.25. The maximum absolute atomic E-state index is 6.03. The molecule has 1 fully saturated rings. The Bertz CT molecular complexity index is 421. The van der Waals surface area contributed by atoms with E-state index in [2.05, 4.69) is 48.2 Å². The zero-order valence-corrected chi connectivity index (χ0v) is 13.6. The minimum Gasteiger partial charge on any atom is -0.380 e. The van der Waals surface area contributed by atoms with Crippen molar-refractivity contribution in [1.29, 1.82) is 0 Å². The molecule has 0 bridgehead atoms. The molecule has 21 heavy (non-hydrogen) atoms. The van der Waals surface area contributed by atoms with Gasteiger partial charge in [-0.25, -0.2) is 0 Å². The van der Waals surface area contributed by atoms with Gasteiger partial charge in [0.2, 0.25) is 0 Å². The Morgan fingerprint density at radius 2 is 2.10 bits per heavy atom. The summed E-state index contributed by atoms with van der Waals surface area (Å²) in [6.45, 7) is 4.86. The van der Waals surface area contributed by atoms with Crippen LogP contribution in [0.25, 0.3) is 0 Å². The van der Waals surface area contributed by atoms with Gasteiger partial charge >= 0.3 is 0 Å². The third-order valence-corrected chi connectivity index (χ3v) is 4.47. The Hall–Kier alpha value is -0.940. The van der Waals surface area contributed by atoms with Crippen LogP contribution in [0.4, 0.5) is 0 Å². The lowest BCUT2D eigenvalue weighted by atomic mass is 10.0. The number of nitrogens with two attached hydrogens (primary N) is 1. The second-order valence-electron chi connectivity index (χ2n) is 6.28. The summed E-state index contributed by atoms with van der Waals surface area (Å²) in [5.74, 6) is 0.766. The van der Waals surface area contributed by atoms with Crippen molar-refractivity contribution < 1.29 is 4.74 Å². The quantitative estimate of drug-likeness (QED) is 0.830. The van der Waals surface area contributed by atoms with Gasteiger partial charge in [0.15, 0.2) is 0 Å². The molecule has 4 heteroatoms. The molecule has 1 heterocycles. The van der Waals surface area contributed by atoms with E-state index in [1.165, 1.54) is 30.6 Å². The Kier molecular flexibility index (Phi) is 6.18. The fourth-order valence-electron chi connectivity index (χ4n) is 3.28. The predicted molar refractivity (Wildman–Crippen MR) is 87.2 cm³/mol. The van der Waals surface area contributed by atoms with Gasteiger partial charge in [-0.2, -0.15) is 0 Å². The van der Waals surface area contributed by atoms with Crippen LogP contribution in [0, 0.1) is 5.92 Å². The number of likely N-dealkylation sites (tertiary alicyclic amines) is 1. The van der Waals surface area contributed by atoms with Gasteiger partial charge in [-0.3, -0.25) is 4.90 Å². The number of likely N-dealkylation sites (N-methyl/N-ethyl adjacent to an activating group) is 1. The van der Waals surface area contributed by atoms with E-state index in [4.69, 9.17) is 10.5 Å². The highest BCUT2D eigenvalue weighted by Gasteiger charge is 2.24. The van der Waals surface area contributed by atoms with Gasteiger partial charge in [0.1, 0.15) is 0 Å². The molecular formula is C17H29N3O. The minimum absolute atomic E-state index is 0.299. The fraction of sp³-hybridized carbons (Fsp3) is 0.647. The van der Waals surface area contributed by atoms with Gasteiger partial charge in [-0.15, -0.1) is 0 Å². The first-order chi connectivity index (χ1) is 10.1. The average molecular weight is 291 g/mol. The van der Waals surface area contributed by atoms with E-state index in [0.717, 1.165) is 12.5 Å². The molecule has 0 saturated carbocycles. The number of ether oxygens (including phenoxy) is 1. The molecular weight excluding hydrogens is 262 g/mol. The van der Waals surface area contributed by atoms with E-state index in [-0.39, 0.29) is 0 Å². The van der Waals surface area contributed by atoms with Gasteiger partial charge in [-0.05, 0) is 44.1 Å². The summed E-state index contributed by atoms with van der Waals surface area (Å²) in [6, 6.07) is 8.94. The highest BCUT2D eigenvalue weighted by atomic mass is 16.5. The van der Waals surface area contributed by atoms with Crippen LogP contribution in [0.1, 0.15) is 23.6 Å². The maximum Gasteiger partial charge on any atom is 0.0713 e. The van der Waals surface area contributed by atoms with Crippen molar-refractivity contribution in [2.45, 2.75) is 19.1 Å². The molecule has 1 aliphatic rings. The van der Waals surface area contributed by atoms with E-state index < -0.39 is 0 Å². The van der Waals surface area contributed by atoms with E-state index in [1.807, 2.05) is 0 Å². The standard InChI is InChI=1S/C17H29N3O/c1-19-9-8-15(11-19)12-20(2)17(10-18)16-6-4-14(5-7-16)13-21-3/h4-7,15,17H,8-13,18H2,1-3H3. The van der Waals surface area contributed by atoms with E-state index in [9.17, 15) is 0 Å². The molecule has 2 unspecified atom stereocenters. The first-order valence-electron chi connectivity index (χ1n) is 7.80. The molecule has 0 aliphatic carbocycles. The van der Waals surface area contributed by atoms with Crippen molar-refractivity contribution in [2.24, 2.45) is 11.7 Å². The van der Waals surface area contributed by atoms with Crippen LogP contribution in [0.15, 0.2) is 24.3 Å². The van der Waals surface area contributed by atoms with Gasteiger partial charge < -0.3 is 15.4 Å². The monoisotopic (exact) mass is 291 g/mol. The van der Waals surface area contributed by atoms with Crippen molar-refractivity contribution in [3.63, 3.8) is 0 Å². The van der Waals surface area contributed by atoms with Gasteiger partial charge in [0.25, 0.3) is 0 Å². The zero-order valence-electron chi connectivity index (χ0n) is 13.6. The largest absolute Gasteiger partial charge is 0.380 e. The zero-order chi connectivity index (χ0) is 15.2. The Balaban J connectivity index is 1.97. The lowest BCUT2D eigenvalue weighted by Gasteiger charge is -2.29. The van der Waals surface area contributed by atoms with Crippen molar-refractivity contribution >= 4 is 0 Å². The summed E-state index contributed by atoms with van der Waals surface area (Å²) in [7, 11) is 6.12. The topological polar surface area (TPSA) is 41.7 Å². The molecule has 1 aromatic rings. The van der Waals surface area contributed by atoms with Crippen LogP contribution < -0.4 is 5.73 Å². The Morgan fingerprint density at radius 1 is 1.38 bits per heavy atom. The van der Waals surface area contributed by atoms with Crippen molar-refractivity contribution in [1.82, 2.24) is 9.80 Å². The van der Waals surface area contributed by atoms with Crippen LogP contribution in [0.5, 0.6) is 0 Å². The number of hydrogen-bond acceptors (Lipinski definition) is 4. The van der Waals surface area contributed by atoms with Crippen LogP contribution in [0.3, 0.4) is 0 Å². The number of hydrogen-bond donors (Lipinski definition) is 1. The molecule has 1 aliphatic heterocycles. The average Bonchev–Trinajstić information content (AvgIpc) is 2.87. The molecule has 0 amide bonds. The Morgan fingerprint density at radius 3 is 2.62 bits per heavy atom. The van der Waals surface area contributed by atoms with Crippen LogP contribution in [0.2, 0.25) is 0 Å². The normalized spacial score (nSPS) is 21.1. The lowest BCUT2D eigenvalue weighted by Crippen LogP contribution is -2.35. The fourth-order valence-corrected chi connectivity index (χ4v) is 3.28. The summed E-state index contributed by atoms with van der Waals surface area (Å²) in [5, 5.41) is 0. The highest BCUT2D eigenvalue weighted by Crippen LogP contribution is 2.23. The second kappa shape index (κ2) is 7.90. The summed E-state index contributed by atoms with van der Waals surface area (Å²) in [5.41, 5.74) is 8.53. The van der Waals surface area contributed by atoms with Crippen molar-refractivity contribution in [2.75, 3.05) is 47.4 Å². The molecule has 4 nitrogen and oxygen atoms in total. The van der Waals surface area contributed by atoms with Crippen LogP contribution in [-0.4, -0.2) is 57.2 Å². The lowest BCUT2D eigenvalue weighted by molar-refractivity contribution is 0.184. The molecule has 0 aromatic heterocycles. The molecule has 118 valence electrons. The summed E-state index contributed by atoms with van der Waals surface area (Å²) >= 11 is 0. The van der Waals surface area contributed by atoms with E-state index in [0.29, 0.717) is 19.2 Å². The van der Waals surface area contributed by atoms with E-state index in [1.54, 1.807) is 7.11 Å². The Labute approximate surface area is 128 Å². The molecule has 1 saturated heterocycles. The van der Waals surface area contributed by atoms with Gasteiger partial charge in [-0.1, -0.05) is 24.3 Å².